The standard InChI is InChI=1S/C28H24N4O3/c1-34-23-9-5-6-19(16-23)18-35-24-14-15-26-25(17-24)27(32-31-26)30-28(33)29-22-12-10-21(11-13-22)20-7-3-2-4-8-20/h2-17H,18H2,1H3,(H3,29,30,31,32,33). The molecule has 7 nitrogen and oxygen atoms in total. The molecule has 0 aliphatic carbocycles. The fourth-order valence-electron chi connectivity index (χ4n) is 3.75. The summed E-state index contributed by atoms with van der Waals surface area (Å²) in [4.78, 5) is 12.6. The van der Waals surface area contributed by atoms with Crippen LogP contribution in [0.5, 0.6) is 11.5 Å². The Morgan fingerprint density at radius 3 is 2.43 bits per heavy atom. The van der Waals surface area contributed by atoms with E-state index in [0.717, 1.165) is 33.3 Å². The number of carbonyl (C=O) groups excluding carboxylic acids is 1. The highest BCUT2D eigenvalue weighted by Crippen LogP contribution is 2.27. The van der Waals surface area contributed by atoms with Crippen LogP contribution in [0.3, 0.4) is 0 Å². The molecule has 4 aromatic carbocycles. The third-order valence-corrected chi connectivity index (χ3v) is 5.56. The molecule has 0 spiro atoms. The van der Waals surface area contributed by atoms with Crippen LogP contribution < -0.4 is 20.1 Å². The van der Waals surface area contributed by atoms with Crippen LogP contribution in [0.2, 0.25) is 0 Å². The molecule has 1 aromatic heterocycles. The summed E-state index contributed by atoms with van der Waals surface area (Å²) in [6, 6.07) is 30.7. The lowest BCUT2D eigenvalue weighted by molar-refractivity contribution is 0.262. The van der Waals surface area contributed by atoms with Gasteiger partial charge < -0.3 is 14.8 Å². The Balaban J connectivity index is 1.24. The third kappa shape index (κ3) is 5.25. The summed E-state index contributed by atoms with van der Waals surface area (Å²) in [5.74, 6) is 1.87. The number of nitrogens with zero attached hydrogens (tertiary/aromatic N) is 1. The van der Waals surface area contributed by atoms with Crippen molar-refractivity contribution >= 4 is 28.4 Å². The number of benzene rings is 4. The molecule has 1 heterocycles. The average Bonchev–Trinajstić information content (AvgIpc) is 3.30. The number of H-pyrrole nitrogens is 1. The van der Waals surface area contributed by atoms with Crippen LogP contribution in [0, 0.1) is 0 Å². The van der Waals surface area contributed by atoms with Crippen LogP contribution in [0.4, 0.5) is 16.3 Å². The largest absolute Gasteiger partial charge is 0.497 e. The monoisotopic (exact) mass is 464 g/mol. The summed E-state index contributed by atoms with van der Waals surface area (Å²) >= 11 is 0. The third-order valence-electron chi connectivity index (χ3n) is 5.56. The Bertz CT molecular complexity index is 1450. The van der Waals surface area contributed by atoms with Gasteiger partial charge in [0, 0.05) is 11.1 Å². The number of fused-ring (bicyclic) bond motifs is 1. The molecule has 3 N–H and O–H groups in total. The zero-order valence-electron chi connectivity index (χ0n) is 19.1. The molecule has 0 saturated carbocycles. The Kier molecular flexibility index (Phi) is 6.30. The van der Waals surface area contributed by atoms with Crippen molar-refractivity contribution in [3.05, 3.63) is 103 Å². The van der Waals surface area contributed by atoms with Crippen molar-refractivity contribution in [2.24, 2.45) is 0 Å². The Labute approximate surface area is 202 Å². The first-order chi connectivity index (χ1) is 17.2. The van der Waals surface area contributed by atoms with E-state index in [2.05, 4.69) is 20.8 Å². The quantitative estimate of drug-likeness (QED) is 0.258. The van der Waals surface area contributed by atoms with Gasteiger partial charge in [-0.1, -0.05) is 54.6 Å². The summed E-state index contributed by atoms with van der Waals surface area (Å²) in [6.45, 7) is 0.392. The normalized spacial score (nSPS) is 10.7. The van der Waals surface area contributed by atoms with Gasteiger partial charge in [-0.3, -0.25) is 10.4 Å². The van der Waals surface area contributed by atoms with Crippen LogP contribution in [-0.4, -0.2) is 23.3 Å². The second kappa shape index (κ2) is 10.0. The number of hydrogen-bond acceptors (Lipinski definition) is 4. The first kappa shape index (κ1) is 22.0. The van der Waals surface area contributed by atoms with Gasteiger partial charge in [0.15, 0.2) is 5.82 Å². The molecule has 7 heteroatoms. The van der Waals surface area contributed by atoms with Gasteiger partial charge in [-0.05, 0) is 59.2 Å². The molecule has 2 amide bonds. The number of ether oxygens (including phenoxy) is 2. The van der Waals surface area contributed by atoms with Crippen LogP contribution in [0.25, 0.3) is 22.0 Å². The zero-order chi connectivity index (χ0) is 24.0. The maximum Gasteiger partial charge on any atom is 0.324 e. The molecular formula is C28H24N4O3. The van der Waals surface area contributed by atoms with Crippen LogP contribution in [0.15, 0.2) is 97.1 Å². The van der Waals surface area contributed by atoms with Gasteiger partial charge in [-0.15, -0.1) is 0 Å². The SMILES string of the molecule is COc1cccc(COc2ccc3[nH]nc(NC(=O)Nc4ccc(-c5ccccc5)cc4)c3c2)c1. The van der Waals surface area contributed by atoms with E-state index in [0.29, 0.717) is 23.9 Å². The van der Waals surface area contributed by atoms with Crippen LogP contribution >= 0.6 is 0 Å². The van der Waals surface area contributed by atoms with Crippen LogP contribution in [-0.2, 0) is 6.61 Å². The Hall–Kier alpha value is -4.78. The number of urea groups is 1. The maximum absolute atomic E-state index is 12.6. The lowest BCUT2D eigenvalue weighted by atomic mass is 10.1. The second-order valence-electron chi connectivity index (χ2n) is 7.94. The number of aromatic amines is 1. The van der Waals surface area contributed by atoms with Gasteiger partial charge in [-0.2, -0.15) is 5.10 Å². The fraction of sp³-hybridized carbons (Fsp3) is 0.0714. The van der Waals surface area contributed by atoms with Crippen molar-refractivity contribution < 1.29 is 14.3 Å². The minimum atomic E-state index is -0.381. The molecule has 0 aliphatic heterocycles. The smallest absolute Gasteiger partial charge is 0.324 e. The van der Waals surface area contributed by atoms with E-state index in [1.165, 1.54) is 0 Å². The predicted molar refractivity (Wildman–Crippen MR) is 138 cm³/mol. The van der Waals surface area contributed by atoms with E-state index in [1.807, 2.05) is 97.1 Å². The molecule has 0 saturated heterocycles. The van der Waals surface area contributed by atoms with E-state index < -0.39 is 0 Å². The first-order valence-electron chi connectivity index (χ1n) is 11.2. The second-order valence-corrected chi connectivity index (χ2v) is 7.94. The van der Waals surface area contributed by atoms with Crippen molar-refractivity contribution in [2.45, 2.75) is 6.61 Å². The zero-order valence-corrected chi connectivity index (χ0v) is 19.1. The predicted octanol–water partition coefficient (Wildman–Crippen LogP) is 6.46. The molecule has 35 heavy (non-hydrogen) atoms. The van der Waals surface area contributed by atoms with Gasteiger partial charge in [0.25, 0.3) is 0 Å². The van der Waals surface area contributed by atoms with E-state index >= 15 is 0 Å². The highest BCUT2D eigenvalue weighted by atomic mass is 16.5. The van der Waals surface area contributed by atoms with Crippen LogP contribution in [0.1, 0.15) is 5.56 Å². The van der Waals surface area contributed by atoms with E-state index in [1.54, 1.807) is 7.11 Å². The molecule has 0 bridgehead atoms. The minimum Gasteiger partial charge on any atom is -0.497 e. The Morgan fingerprint density at radius 1 is 0.829 bits per heavy atom. The Morgan fingerprint density at radius 2 is 1.63 bits per heavy atom. The van der Waals surface area contributed by atoms with Gasteiger partial charge in [0.2, 0.25) is 0 Å². The topological polar surface area (TPSA) is 88.3 Å². The lowest BCUT2D eigenvalue weighted by Crippen LogP contribution is -2.19. The van der Waals surface area contributed by atoms with Crippen molar-refractivity contribution in [1.82, 2.24) is 10.2 Å². The fourth-order valence-corrected chi connectivity index (χ4v) is 3.75. The number of rotatable bonds is 7. The molecule has 0 radical (unpaired) electrons. The van der Waals surface area contributed by atoms with Gasteiger partial charge >= 0.3 is 6.03 Å². The van der Waals surface area contributed by atoms with Crippen molar-refractivity contribution in [2.75, 3.05) is 17.7 Å². The molecule has 0 aliphatic rings. The molecular weight excluding hydrogens is 440 g/mol. The van der Waals surface area contributed by atoms with Crippen molar-refractivity contribution in [1.29, 1.82) is 0 Å². The maximum atomic E-state index is 12.6. The van der Waals surface area contributed by atoms with Gasteiger partial charge in [0.05, 0.1) is 12.6 Å². The number of hydrogen-bond donors (Lipinski definition) is 3. The van der Waals surface area contributed by atoms with Gasteiger partial charge in [-0.25, -0.2) is 4.79 Å². The summed E-state index contributed by atoms with van der Waals surface area (Å²) < 4.78 is 11.2. The molecule has 0 fully saturated rings. The number of nitrogens with one attached hydrogen (secondary N) is 3. The molecule has 5 aromatic rings. The van der Waals surface area contributed by atoms with E-state index in [9.17, 15) is 4.79 Å². The summed E-state index contributed by atoms with van der Waals surface area (Å²) in [6.07, 6.45) is 0. The number of amides is 2. The summed E-state index contributed by atoms with van der Waals surface area (Å²) in [5, 5.41) is 13.6. The molecule has 0 unspecified atom stereocenters. The van der Waals surface area contributed by atoms with Gasteiger partial charge in [0.1, 0.15) is 18.1 Å². The molecule has 0 atom stereocenters. The minimum absolute atomic E-state index is 0.381. The van der Waals surface area contributed by atoms with E-state index in [4.69, 9.17) is 9.47 Å². The summed E-state index contributed by atoms with van der Waals surface area (Å²) in [5.41, 5.74) is 4.67. The summed E-state index contributed by atoms with van der Waals surface area (Å²) in [7, 11) is 1.64. The number of aromatic nitrogens is 2. The first-order valence-corrected chi connectivity index (χ1v) is 11.2. The van der Waals surface area contributed by atoms with E-state index in [-0.39, 0.29) is 6.03 Å². The number of methoxy groups -OCH3 is 1. The highest BCUT2D eigenvalue weighted by molar-refractivity contribution is 6.04. The number of carbonyl (C=O) groups is 1. The lowest BCUT2D eigenvalue weighted by Gasteiger charge is -2.09. The molecule has 5 rings (SSSR count). The van der Waals surface area contributed by atoms with Crippen molar-refractivity contribution in [3.8, 4) is 22.6 Å². The average molecular weight is 465 g/mol. The highest BCUT2D eigenvalue weighted by Gasteiger charge is 2.11. The number of anilines is 2. The van der Waals surface area contributed by atoms with Crippen molar-refractivity contribution in [3.63, 3.8) is 0 Å². The molecule has 174 valence electrons.